The average molecular weight is 398 g/mol. The first-order valence-electron chi connectivity index (χ1n) is 9.17. The second kappa shape index (κ2) is 8.02. The van der Waals surface area contributed by atoms with E-state index in [-0.39, 0.29) is 11.8 Å². The Kier molecular flexibility index (Phi) is 5.30. The van der Waals surface area contributed by atoms with Gasteiger partial charge in [0.15, 0.2) is 0 Å². The summed E-state index contributed by atoms with van der Waals surface area (Å²) in [4.78, 5) is 19.2. The summed E-state index contributed by atoms with van der Waals surface area (Å²) >= 11 is 6.19. The molecule has 144 valence electrons. The van der Waals surface area contributed by atoms with Crippen LogP contribution < -0.4 is 4.74 Å². The molecule has 2 heterocycles. The molecular weight excluding hydrogens is 378 g/mol. The fraction of sp³-hybridized carbons (Fsp3) is 0.286. The third-order valence-corrected chi connectivity index (χ3v) is 5.26. The van der Waals surface area contributed by atoms with Crippen LogP contribution in [0, 0.1) is 0 Å². The SMILES string of the molecule is COc1cccc(-c2noc([C@H]3CCCN(C(=O)c4ccccc4Cl)C3)n2)c1. The van der Waals surface area contributed by atoms with Crippen molar-refractivity contribution >= 4 is 17.5 Å². The molecule has 0 unspecified atom stereocenters. The first kappa shape index (κ1) is 18.5. The van der Waals surface area contributed by atoms with Crippen LogP contribution in [0.1, 0.15) is 35.0 Å². The predicted octanol–water partition coefficient (Wildman–Crippen LogP) is 4.42. The van der Waals surface area contributed by atoms with Gasteiger partial charge in [0.2, 0.25) is 11.7 Å². The van der Waals surface area contributed by atoms with Crippen molar-refractivity contribution in [2.75, 3.05) is 20.2 Å². The van der Waals surface area contributed by atoms with Crippen LogP contribution in [0.4, 0.5) is 0 Å². The highest BCUT2D eigenvalue weighted by Gasteiger charge is 2.29. The fourth-order valence-electron chi connectivity index (χ4n) is 3.45. The molecule has 1 aliphatic rings. The van der Waals surface area contributed by atoms with E-state index in [9.17, 15) is 4.79 Å². The summed E-state index contributed by atoms with van der Waals surface area (Å²) in [5.41, 5.74) is 1.35. The smallest absolute Gasteiger partial charge is 0.255 e. The Morgan fingerprint density at radius 2 is 2.11 bits per heavy atom. The van der Waals surface area contributed by atoms with Gasteiger partial charge in [-0.15, -0.1) is 0 Å². The van der Waals surface area contributed by atoms with E-state index in [0.29, 0.717) is 35.4 Å². The zero-order valence-electron chi connectivity index (χ0n) is 15.5. The maximum Gasteiger partial charge on any atom is 0.255 e. The van der Waals surface area contributed by atoms with Gasteiger partial charge in [0.25, 0.3) is 5.91 Å². The van der Waals surface area contributed by atoms with E-state index in [2.05, 4.69) is 10.1 Å². The number of hydrogen-bond donors (Lipinski definition) is 0. The number of amides is 1. The van der Waals surface area contributed by atoms with Crippen LogP contribution in [-0.2, 0) is 0 Å². The molecule has 2 aromatic carbocycles. The Labute approximate surface area is 168 Å². The lowest BCUT2D eigenvalue weighted by Crippen LogP contribution is -2.39. The predicted molar refractivity (Wildman–Crippen MR) is 106 cm³/mol. The van der Waals surface area contributed by atoms with Crippen molar-refractivity contribution in [2.24, 2.45) is 0 Å². The molecule has 1 aromatic heterocycles. The van der Waals surface area contributed by atoms with Crippen molar-refractivity contribution in [1.82, 2.24) is 15.0 Å². The molecule has 0 spiro atoms. The van der Waals surface area contributed by atoms with E-state index < -0.39 is 0 Å². The van der Waals surface area contributed by atoms with Gasteiger partial charge in [0.05, 0.1) is 23.6 Å². The summed E-state index contributed by atoms with van der Waals surface area (Å²) in [6.07, 6.45) is 1.77. The summed E-state index contributed by atoms with van der Waals surface area (Å²) in [6, 6.07) is 14.6. The lowest BCUT2D eigenvalue weighted by atomic mass is 9.97. The summed E-state index contributed by atoms with van der Waals surface area (Å²) < 4.78 is 10.8. The summed E-state index contributed by atoms with van der Waals surface area (Å²) in [5, 5.41) is 4.58. The summed E-state index contributed by atoms with van der Waals surface area (Å²) in [5.74, 6) is 1.74. The monoisotopic (exact) mass is 397 g/mol. The van der Waals surface area contributed by atoms with Gasteiger partial charge < -0.3 is 14.2 Å². The Balaban J connectivity index is 1.51. The van der Waals surface area contributed by atoms with Gasteiger partial charge in [-0.25, -0.2) is 0 Å². The standard InChI is InChI=1S/C21H20ClN3O3/c1-27-16-8-4-6-14(12-16)19-23-20(28-24-19)15-7-5-11-25(13-15)21(26)17-9-2-3-10-18(17)22/h2-4,6,8-10,12,15H,5,7,11,13H2,1H3/t15-/m0/s1. The van der Waals surface area contributed by atoms with E-state index in [1.165, 1.54) is 0 Å². The molecule has 1 amide bonds. The number of nitrogens with zero attached hydrogens (tertiary/aromatic N) is 3. The van der Waals surface area contributed by atoms with E-state index in [4.69, 9.17) is 20.9 Å². The van der Waals surface area contributed by atoms with Crippen LogP contribution in [0.5, 0.6) is 5.75 Å². The minimum atomic E-state index is -0.0668. The molecular formula is C21H20ClN3O3. The van der Waals surface area contributed by atoms with Crippen LogP contribution >= 0.6 is 11.6 Å². The molecule has 3 aromatic rings. The van der Waals surface area contributed by atoms with Gasteiger partial charge in [-0.05, 0) is 37.1 Å². The Bertz CT molecular complexity index is 988. The molecule has 0 saturated carbocycles. The number of carbonyl (C=O) groups is 1. The summed E-state index contributed by atoms with van der Waals surface area (Å²) in [7, 11) is 1.62. The minimum absolute atomic E-state index is 0.00652. The van der Waals surface area contributed by atoms with Crippen LogP contribution in [0.3, 0.4) is 0 Å². The number of hydrogen-bond acceptors (Lipinski definition) is 5. The van der Waals surface area contributed by atoms with Crippen LogP contribution in [0.2, 0.25) is 5.02 Å². The van der Waals surface area contributed by atoms with Crippen LogP contribution in [-0.4, -0.2) is 41.1 Å². The molecule has 0 bridgehead atoms. The minimum Gasteiger partial charge on any atom is -0.497 e. The van der Waals surface area contributed by atoms with Gasteiger partial charge in [-0.3, -0.25) is 4.79 Å². The van der Waals surface area contributed by atoms with E-state index >= 15 is 0 Å². The van der Waals surface area contributed by atoms with E-state index in [1.54, 1.807) is 19.2 Å². The molecule has 4 rings (SSSR count). The molecule has 7 heteroatoms. The third kappa shape index (κ3) is 3.73. The van der Waals surface area contributed by atoms with Crippen LogP contribution in [0.25, 0.3) is 11.4 Å². The van der Waals surface area contributed by atoms with Crippen molar-refractivity contribution in [3.05, 3.63) is 65.0 Å². The number of benzene rings is 2. The van der Waals surface area contributed by atoms with Crippen molar-refractivity contribution in [2.45, 2.75) is 18.8 Å². The first-order valence-corrected chi connectivity index (χ1v) is 9.55. The number of ether oxygens (including phenoxy) is 1. The van der Waals surface area contributed by atoms with Crippen LogP contribution in [0.15, 0.2) is 53.1 Å². The van der Waals surface area contributed by atoms with Crippen molar-refractivity contribution < 1.29 is 14.1 Å². The Morgan fingerprint density at radius 3 is 2.93 bits per heavy atom. The maximum atomic E-state index is 12.9. The fourth-order valence-corrected chi connectivity index (χ4v) is 3.67. The maximum absolute atomic E-state index is 12.9. The van der Waals surface area contributed by atoms with Gasteiger partial charge in [-0.1, -0.05) is 41.0 Å². The molecule has 28 heavy (non-hydrogen) atoms. The van der Waals surface area contributed by atoms with Crippen molar-refractivity contribution in [3.63, 3.8) is 0 Å². The normalized spacial score (nSPS) is 16.8. The molecule has 1 atom stereocenters. The van der Waals surface area contributed by atoms with E-state index in [1.807, 2.05) is 41.3 Å². The number of halogens is 1. The number of aromatic nitrogens is 2. The zero-order valence-corrected chi connectivity index (χ0v) is 16.2. The van der Waals surface area contributed by atoms with Crippen molar-refractivity contribution in [1.29, 1.82) is 0 Å². The second-order valence-corrected chi connectivity index (χ2v) is 7.17. The second-order valence-electron chi connectivity index (χ2n) is 6.76. The number of methoxy groups -OCH3 is 1. The van der Waals surface area contributed by atoms with E-state index in [0.717, 1.165) is 24.2 Å². The lowest BCUT2D eigenvalue weighted by molar-refractivity contribution is 0.0696. The summed E-state index contributed by atoms with van der Waals surface area (Å²) in [6.45, 7) is 1.22. The Morgan fingerprint density at radius 1 is 1.25 bits per heavy atom. The topological polar surface area (TPSA) is 68.5 Å². The highest BCUT2D eigenvalue weighted by atomic mass is 35.5. The molecule has 1 saturated heterocycles. The molecule has 1 fully saturated rings. The average Bonchev–Trinajstić information content (AvgIpc) is 3.24. The van der Waals surface area contributed by atoms with Gasteiger partial charge in [0, 0.05) is 18.7 Å². The first-order chi connectivity index (χ1) is 13.7. The molecule has 0 N–H and O–H groups in total. The molecule has 6 nitrogen and oxygen atoms in total. The molecule has 0 aliphatic carbocycles. The number of piperidine rings is 1. The number of rotatable bonds is 4. The van der Waals surface area contributed by atoms with Gasteiger partial charge in [-0.2, -0.15) is 4.98 Å². The van der Waals surface area contributed by atoms with Crippen molar-refractivity contribution in [3.8, 4) is 17.1 Å². The molecule has 1 aliphatic heterocycles. The van der Waals surface area contributed by atoms with Gasteiger partial charge >= 0.3 is 0 Å². The Hall–Kier alpha value is -2.86. The highest BCUT2D eigenvalue weighted by Crippen LogP contribution is 2.30. The largest absolute Gasteiger partial charge is 0.497 e. The third-order valence-electron chi connectivity index (χ3n) is 4.93. The highest BCUT2D eigenvalue weighted by molar-refractivity contribution is 6.33. The lowest BCUT2D eigenvalue weighted by Gasteiger charge is -2.31. The quantitative estimate of drug-likeness (QED) is 0.651. The zero-order chi connectivity index (χ0) is 19.5. The number of carbonyl (C=O) groups excluding carboxylic acids is 1. The van der Waals surface area contributed by atoms with Gasteiger partial charge in [0.1, 0.15) is 5.75 Å². The number of likely N-dealkylation sites (tertiary alicyclic amines) is 1. The molecule has 0 radical (unpaired) electrons.